The van der Waals surface area contributed by atoms with Crippen LogP contribution in [0.5, 0.6) is 0 Å². The quantitative estimate of drug-likeness (QED) is 0.910. The second kappa shape index (κ2) is 6.02. The van der Waals surface area contributed by atoms with E-state index < -0.39 is 0 Å². The third-order valence-corrected chi connectivity index (χ3v) is 3.77. The Bertz CT molecular complexity index is 498. The van der Waals surface area contributed by atoms with E-state index in [-0.39, 0.29) is 0 Å². The molecule has 0 saturated carbocycles. The van der Waals surface area contributed by atoms with E-state index in [1.54, 1.807) is 0 Å². The average Bonchev–Trinajstić information content (AvgIpc) is 2.88. The predicted molar refractivity (Wildman–Crippen MR) is 77.1 cm³/mol. The standard InChI is InChI=1S/C16H21N3/c1-2-6-14(7-3-1)12-19-13-15(11-18-19)10-16-8-4-5-9-17-16/h1-3,6-7,11,13,16-17H,4-5,8-10,12H2. The maximum atomic E-state index is 4.47. The van der Waals surface area contributed by atoms with Crippen molar-refractivity contribution in [3.8, 4) is 0 Å². The number of hydrogen-bond donors (Lipinski definition) is 1. The van der Waals surface area contributed by atoms with Crippen LogP contribution < -0.4 is 5.32 Å². The first-order valence-electron chi connectivity index (χ1n) is 7.19. The van der Waals surface area contributed by atoms with Gasteiger partial charge < -0.3 is 5.32 Å². The minimum atomic E-state index is 0.642. The summed E-state index contributed by atoms with van der Waals surface area (Å²) in [6.07, 6.45) is 9.28. The lowest BCUT2D eigenvalue weighted by Crippen LogP contribution is -2.35. The molecule has 0 radical (unpaired) electrons. The summed E-state index contributed by atoms with van der Waals surface area (Å²) >= 11 is 0. The Morgan fingerprint density at radius 2 is 2.05 bits per heavy atom. The van der Waals surface area contributed by atoms with Gasteiger partial charge in [0, 0.05) is 12.2 Å². The summed E-state index contributed by atoms with van der Waals surface area (Å²) in [6, 6.07) is 11.1. The van der Waals surface area contributed by atoms with Crippen LogP contribution >= 0.6 is 0 Å². The summed E-state index contributed by atoms with van der Waals surface area (Å²) in [5, 5.41) is 8.06. The minimum Gasteiger partial charge on any atom is -0.314 e. The number of nitrogens with one attached hydrogen (secondary N) is 1. The highest BCUT2D eigenvalue weighted by atomic mass is 15.3. The third kappa shape index (κ3) is 3.44. The first kappa shape index (κ1) is 12.4. The summed E-state index contributed by atoms with van der Waals surface area (Å²) in [4.78, 5) is 0. The van der Waals surface area contributed by atoms with Gasteiger partial charge in [0.05, 0.1) is 12.7 Å². The van der Waals surface area contributed by atoms with Crippen LogP contribution in [-0.2, 0) is 13.0 Å². The van der Waals surface area contributed by atoms with E-state index >= 15 is 0 Å². The van der Waals surface area contributed by atoms with Crippen LogP contribution in [0, 0.1) is 0 Å². The summed E-state index contributed by atoms with van der Waals surface area (Å²) in [5.74, 6) is 0. The van der Waals surface area contributed by atoms with Crippen LogP contribution in [0.1, 0.15) is 30.4 Å². The zero-order valence-electron chi connectivity index (χ0n) is 11.3. The predicted octanol–water partition coefficient (Wildman–Crippen LogP) is 2.62. The molecule has 0 bridgehead atoms. The van der Waals surface area contributed by atoms with Crippen molar-refractivity contribution in [1.82, 2.24) is 15.1 Å². The van der Waals surface area contributed by atoms with Gasteiger partial charge in [-0.3, -0.25) is 4.68 Å². The molecule has 1 fully saturated rings. The topological polar surface area (TPSA) is 29.9 Å². The Balaban J connectivity index is 1.59. The molecule has 1 atom stereocenters. The van der Waals surface area contributed by atoms with Crippen LogP contribution in [0.4, 0.5) is 0 Å². The van der Waals surface area contributed by atoms with Crippen molar-refractivity contribution in [2.45, 2.75) is 38.3 Å². The molecular formula is C16H21N3. The molecule has 1 aliphatic rings. The molecular weight excluding hydrogens is 234 g/mol. The highest BCUT2D eigenvalue weighted by Crippen LogP contribution is 2.12. The first-order valence-corrected chi connectivity index (χ1v) is 7.19. The van der Waals surface area contributed by atoms with Gasteiger partial charge in [-0.2, -0.15) is 5.10 Å². The third-order valence-electron chi connectivity index (χ3n) is 3.77. The molecule has 3 heteroatoms. The molecule has 0 spiro atoms. The summed E-state index contributed by atoms with van der Waals surface area (Å²) < 4.78 is 2.04. The summed E-state index contributed by atoms with van der Waals surface area (Å²) in [6.45, 7) is 2.03. The van der Waals surface area contributed by atoms with E-state index in [0.29, 0.717) is 6.04 Å². The van der Waals surface area contributed by atoms with E-state index in [1.165, 1.54) is 36.9 Å². The van der Waals surface area contributed by atoms with Crippen LogP contribution in [0.15, 0.2) is 42.7 Å². The lowest BCUT2D eigenvalue weighted by Gasteiger charge is -2.22. The van der Waals surface area contributed by atoms with Crippen molar-refractivity contribution in [3.63, 3.8) is 0 Å². The normalized spacial score (nSPS) is 19.5. The van der Waals surface area contributed by atoms with E-state index in [1.807, 2.05) is 16.9 Å². The first-order chi connectivity index (χ1) is 9.40. The molecule has 2 heterocycles. The van der Waals surface area contributed by atoms with Gasteiger partial charge in [-0.25, -0.2) is 0 Å². The van der Waals surface area contributed by atoms with E-state index in [4.69, 9.17) is 0 Å². The molecule has 1 aliphatic heterocycles. The molecule has 1 unspecified atom stereocenters. The van der Waals surface area contributed by atoms with E-state index in [0.717, 1.165) is 13.0 Å². The Morgan fingerprint density at radius 3 is 2.84 bits per heavy atom. The van der Waals surface area contributed by atoms with Crippen molar-refractivity contribution in [2.24, 2.45) is 0 Å². The lowest BCUT2D eigenvalue weighted by molar-refractivity contribution is 0.399. The molecule has 100 valence electrons. The van der Waals surface area contributed by atoms with E-state index in [9.17, 15) is 0 Å². The van der Waals surface area contributed by atoms with Gasteiger partial charge in [0.25, 0.3) is 0 Å². The number of benzene rings is 1. The van der Waals surface area contributed by atoms with Gasteiger partial charge in [-0.15, -0.1) is 0 Å². The second-order valence-electron chi connectivity index (χ2n) is 5.38. The van der Waals surface area contributed by atoms with Crippen molar-refractivity contribution >= 4 is 0 Å². The van der Waals surface area contributed by atoms with Crippen molar-refractivity contribution < 1.29 is 0 Å². The number of piperidine rings is 1. The maximum Gasteiger partial charge on any atom is 0.0659 e. The zero-order chi connectivity index (χ0) is 12.9. The van der Waals surface area contributed by atoms with Crippen molar-refractivity contribution in [1.29, 1.82) is 0 Å². The SMILES string of the molecule is c1ccc(Cn2cc(CC3CCCCN3)cn2)cc1. The molecule has 2 aromatic rings. The molecule has 0 aliphatic carbocycles. The Kier molecular flexibility index (Phi) is 3.94. The number of hydrogen-bond acceptors (Lipinski definition) is 2. The fraction of sp³-hybridized carbons (Fsp3) is 0.438. The number of nitrogens with zero attached hydrogens (tertiary/aromatic N) is 2. The lowest BCUT2D eigenvalue weighted by atomic mass is 10.00. The van der Waals surface area contributed by atoms with Crippen LogP contribution in [0.25, 0.3) is 0 Å². The molecule has 1 aromatic carbocycles. The second-order valence-corrected chi connectivity index (χ2v) is 5.38. The van der Waals surface area contributed by atoms with Gasteiger partial charge in [0.2, 0.25) is 0 Å². The smallest absolute Gasteiger partial charge is 0.0659 e. The highest BCUT2D eigenvalue weighted by molar-refractivity contribution is 5.16. The molecule has 3 rings (SSSR count). The fourth-order valence-electron chi connectivity index (χ4n) is 2.75. The molecule has 3 nitrogen and oxygen atoms in total. The molecule has 0 amide bonds. The average molecular weight is 255 g/mol. The molecule has 19 heavy (non-hydrogen) atoms. The molecule has 1 aromatic heterocycles. The Hall–Kier alpha value is -1.61. The fourth-order valence-corrected chi connectivity index (χ4v) is 2.75. The minimum absolute atomic E-state index is 0.642. The van der Waals surface area contributed by atoms with E-state index in [2.05, 4.69) is 40.9 Å². The monoisotopic (exact) mass is 255 g/mol. The summed E-state index contributed by atoms with van der Waals surface area (Å²) in [7, 11) is 0. The Morgan fingerprint density at radius 1 is 1.16 bits per heavy atom. The van der Waals surface area contributed by atoms with Crippen molar-refractivity contribution in [3.05, 3.63) is 53.9 Å². The van der Waals surface area contributed by atoms with Crippen LogP contribution in [-0.4, -0.2) is 22.4 Å². The number of aromatic nitrogens is 2. The Labute approximate surface area is 114 Å². The highest BCUT2D eigenvalue weighted by Gasteiger charge is 2.13. The van der Waals surface area contributed by atoms with Gasteiger partial charge in [0.1, 0.15) is 0 Å². The molecule has 1 N–H and O–H groups in total. The van der Waals surface area contributed by atoms with Crippen molar-refractivity contribution in [2.75, 3.05) is 6.54 Å². The van der Waals surface area contributed by atoms with Gasteiger partial charge in [-0.1, -0.05) is 36.8 Å². The van der Waals surface area contributed by atoms with Gasteiger partial charge in [0.15, 0.2) is 0 Å². The maximum absolute atomic E-state index is 4.47. The van der Waals surface area contributed by atoms with Gasteiger partial charge >= 0.3 is 0 Å². The molecule has 1 saturated heterocycles. The largest absolute Gasteiger partial charge is 0.314 e. The zero-order valence-corrected chi connectivity index (χ0v) is 11.3. The number of rotatable bonds is 4. The van der Waals surface area contributed by atoms with Crippen LogP contribution in [0.2, 0.25) is 0 Å². The van der Waals surface area contributed by atoms with Crippen LogP contribution in [0.3, 0.4) is 0 Å². The van der Waals surface area contributed by atoms with Gasteiger partial charge in [-0.05, 0) is 36.9 Å². The summed E-state index contributed by atoms with van der Waals surface area (Å²) in [5.41, 5.74) is 2.64.